The Morgan fingerprint density at radius 2 is 0.914 bits per heavy atom. The number of phosphoric acid groups is 2. The fourth-order valence-electron chi connectivity index (χ4n) is 8.59. The highest BCUT2D eigenvalue weighted by Gasteiger charge is 2.21. The van der Waals surface area contributed by atoms with E-state index in [4.69, 9.17) is 29.0 Å². The minimum absolute atomic E-state index is 0. The highest BCUT2D eigenvalue weighted by molar-refractivity contribution is 7.91. The third kappa shape index (κ3) is 19.0. The Kier molecular flexibility index (Phi) is 27.6. The lowest BCUT2D eigenvalue weighted by Gasteiger charge is -2.17. The lowest BCUT2D eigenvalue weighted by molar-refractivity contribution is 0.167. The van der Waals surface area contributed by atoms with Crippen LogP contribution in [0.1, 0.15) is 60.1 Å². The first-order chi connectivity index (χ1) is 36.0. The van der Waals surface area contributed by atoms with Gasteiger partial charge in [0.25, 0.3) is 0 Å². The zero-order chi connectivity index (χ0) is 55.0. The fraction of sp³-hybridized carbons (Fsp3) is 0.382. The van der Waals surface area contributed by atoms with E-state index in [1.54, 1.807) is 62.6 Å². The first-order valence-electron chi connectivity index (χ1n) is 24.5. The van der Waals surface area contributed by atoms with Gasteiger partial charge in [0.2, 0.25) is 0 Å². The predicted molar refractivity (Wildman–Crippen MR) is 329 cm³/mol. The highest BCUT2D eigenvalue weighted by atomic mass is 35.5. The molecule has 0 fully saturated rings. The van der Waals surface area contributed by atoms with Crippen LogP contribution in [0.5, 0.6) is 11.5 Å². The second-order valence-electron chi connectivity index (χ2n) is 18.3. The monoisotopic (exact) mass is 1240 g/mol. The summed E-state index contributed by atoms with van der Waals surface area (Å²) in [6.07, 6.45) is 4.95. The standard InChI is InChI=1S/2C26H32N3O7PS.3CH4.2ClH/c2*1-4-38(33,34)20-8-5-7-19(16-20)21-9-10-23(25-24(21)22-15-18(2)17-27-26(22)28-25)35-13-6-11-29(3)12-14-36-37(30,31)32;;;;;/h2*5,7-10,15-17H,4,6,11-14H2,1-3H3,(H,27,28)(H2,30,31,32);3*1H4;2*1H. The van der Waals surface area contributed by atoms with Crippen molar-refractivity contribution in [3.05, 3.63) is 108 Å². The first kappa shape index (κ1) is 72.1. The Morgan fingerprint density at radius 1 is 0.543 bits per heavy atom. The Balaban J connectivity index is 0.000000521. The molecule has 4 aromatic carbocycles. The Morgan fingerprint density at radius 3 is 1.26 bits per heavy atom. The molecular weight excluding hydrogens is 1170 g/mol. The van der Waals surface area contributed by atoms with E-state index >= 15 is 0 Å². The van der Waals surface area contributed by atoms with E-state index in [1.165, 1.54) is 0 Å². The zero-order valence-corrected chi connectivity index (χ0v) is 49.0. The molecule has 0 saturated carbocycles. The molecule has 0 aliphatic rings. The van der Waals surface area contributed by atoms with E-state index in [-0.39, 0.29) is 81.6 Å². The van der Waals surface area contributed by atoms with Crippen molar-refractivity contribution in [2.75, 3.05) is 78.2 Å². The van der Waals surface area contributed by atoms with Crippen molar-refractivity contribution < 1.29 is 64.1 Å². The van der Waals surface area contributed by atoms with Crippen LogP contribution in [0.2, 0.25) is 0 Å². The maximum atomic E-state index is 12.5. The van der Waals surface area contributed by atoms with Crippen molar-refractivity contribution in [2.45, 2.75) is 72.6 Å². The van der Waals surface area contributed by atoms with E-state index in [9.17, 15) is 26.0 Å². The second-order valence-corrected chi connectivity index (χ2v) is 25.3. The average Bonchev–Trinajstić information content (AvgIpc) is 3.95. The van der Waals surface area contributed by atoms with Crippen molar-refractivity contribution >= 4 is 104 Å². The van der Waals surface area contributed by atoms with Crippen LogP contribution in [0.3, 0.4) is 0 Å². The Bertz CT molecular complexity index is 3450. The van der Waals surface area contributed by atoms with Gasteiger partial charge in [-0.2, -0.15) is 0 Å². The normalized spacial score (nSPS) is 11.8. The Hall–Kier alpha value is -5.00. The number of hydrogen-bond donors (Lipinski definition) is 6. The molecule has 0 amide bonds. The highest BCUT2D eigenvalue weighted by Crippen LogP contribution is 2.42. The van der Waals surface area contributed by atoms with Gasteiger partial charge in [0, 0.05) is 60.1 Å². The number of pyridine rings is 2. The van der Waals surface area contributed by atoms with E-state index in [0.717, 1.165) is 66.0 Å². The van der Waals surface area contributed by atoms with Crippen molar-refractivity contribution in [2.24, 2.45) is 0 Å². The maximum absolute atomic E-state index is 12.5. The molecule has 81 heavy (non-hydrogen) atoms. The van der Waals surface area contributed by atoms with Crippen LogP contribution in [-0.2, 0) is 37.9 Å². The van der Waals surface area contributed by atoms with E-state index in [2.05, 4.69) is 41.1 Å². The number of ether oxygens (including phenoxy) is 2. The quantitative estimate of drug-likeness (QED) is 0.0242. The van der Waals surface area contributed by atoms with Crippen LogP contribution in [0.4, 0.5) is 0 Å². The Labute approximate surface area is 488 Å². The number of aryl methyl sites for hydroxylation is 2. The summed E-state index contributed by atoms with van der Waals surface area (Å²) in [5.74, 6) is 1.37. The van der Waals surface area contributed by atoms with Gasteiger partial charge in [0.05, 0.1) is 58.8 Å². The number of H-pyrrole nitrogens is 2. The summed E-state index contributed by atoms with van der Waals surface area (Å²) in [5.41, 5.74) is 8.33. The molecule has 0 aliphatic heterocycles. The van der Waals surface area contributed by atoms with E-state index < -0.39 is 35.3 Å². The number of phosphoric ester groups is 2. The van der Waals surface area contributed by atoms with Gasteiger partial charge in [-0.15, -0.1) is 24.8 Å². The van der Waals surface area contributed by atoms with Gasteiger partial charge in [0.1, 0.15) is 22.8 Å². The number of halogens is 2. The third-order valence-electron chi connectivity index (χ3n) is 12.5. The number of hydrogen-bond acceptors (Lipinski definition) is 14. The fourth-order valence-corrected chi connectivity index (χ4v) is 11.1. The van der Waals surface area contributed by atoms with Gasteiger partial charge in [-0.05, 0) is 135 Å². The number of nitrogens with one attached hydrogen (secondary N) is 2. The van der Waals surface area contributed by atoms with Crippen LogP contribution in [0.15, 0.2) is 107 Å². The van der Waals surface area contributed by atoms with Crippen LogP contribution in [0.25, 0.3) is 66.1 Å². The predicted octanol–water partition coefficient (Wildman–Crippen LogP) is 11.3. The molecule has 0 atom stereocenters. The minimum Gasteiger partial charge on any atom is -0.491 e. The van der Waals surface area contributed by atoms with Gasteiger partial charge in [-0.1, -0.05) is 60.4 Å². The summed E-state index contributed by atoms with van der Waals surface area (Å²) < 4.78 is 93.0. The van der Waals surface area contributed by atoms with Crippen LogP contribution >= 0.6 is 40.5 Å². The van der Waals surface area contributed by atoms with Crippen molar-refractivity contribution in [1.82, 2.24) is 29.7 Å². The van der Waals surface area contributed by atoms with Crippen molar-refractivity contribution in [3.8, 4) is 33.8 Å². The third-order valence-corrected chi connectivity index (χ3v) is 17.0. The number of aromatic amines is 2. The number of fused-ring (bicyclic) bond motifs is 6. The molecule has 0 saturated heterocycles. The summed E-state index contributed by atoms with van der Waals surface area (Å²) in [5, 5.41) is 3.67. The maximum Gasteiger partial charge on any atom is 0.469 e. The van der Waals surface area contributed by atoms with Gasteiger partial charge < -0.3 is 48.8 Å². The number of rotatable bonds is 24. The summed E-state index contributed by atoms with van der Waals surface area (Å²) in [6.45, 7) is 9.99. The number of nitrogens with zero attached hydrogens (tertiary/aromatic N) is 4. The SMILES string of the molecule is C.C.C.CCS(=O)(=O)c1cccc(-c2ccc(OCCCN(C)CCOP(=O)(O)O)c3[nH]c4ncc(C)cc4c23)c1.CCS(=O)(=O)c1cccc(-c2ccc(OCCCN(C)CCOP(=O)(O)O)c3[nH]c4ncc(C)cc4c23)c1.Cl.Cl. The second kappa shape index (κ2) is 31.1. The molecule has 4 aromatic heterocycles. The molecule has 8 aromatic rings. The molecule has 448 valence electrons. The van der Waals surface area contributed by atoms with E-state index in [0.29, 0.717) is 75.0 Å². The molecule has 4 heterocycles. The van der Waals surface area contributed by atoms with Crippen LogP contribution in [-0.4, -0.2) is 144 Å². The number of likely N-dealkylation sites (N-methyl/N-ethyl adjacent to an activating group) is 2. The molecular formula is C55H78Cl2N6O14P2S2. The molecule has 0 unspecified atom stereocenters. The van der Waals surface area contributed by atoms with Gasteiger partial charge >= 0.3 is 15.6 Å². The number of benzene rings is 4. The van der Waals surface area contributed by atoms with E-state index in [1.807, 2.05) is 74.1 Å². The molecule has 0 aliphatic carbocycles. The van der Waals surface area contributed by atoms with Crippen molar-refractivity contribution in [3.63, 3.8) is 0 Å². The number of sulfone groups is 2. The topological polar surface area (TPSA) is 284 Å². The smallest absolute Gasteiger partial charge is 0.469 e. The van der Waals surface area contributed by atoms with Crippen molar-refractivity contribution in [1.29, 1.82) is 0 Å². The summed E-state index contributed by atoms with van der Waals surface area (Å²) in [7, 11) is -12.0. The summed E-state index contributed by atoms with van der Waals surface area (Å²) in [6, 6.07) is 25.7. The van der Waals surface area contributed by atoms with Gasteiger partial charge in [-0.3, -0.25) is 9.05 Å². The minimum atomic E-state index is -4.46. The largest absolute Gasteiger partial charge is 0.491 e. The molecule has 20 nitrogen and oxygen atoms in total. The molecule has 0 spiro atoms. The molecule has 6 N–H and O–H groups in total. The molecule has 0 radical (unpaired) electrons. The average molecular weight is 1240 g/mol. The number of aromatic nitrogens is 4. The van der Waals surface area contributed by atoms with Gasteiger partial charge in [-0.25, -0.2) is 35.9 Å². The lowest BCUT2D eigenvalue weighted by atomic mass is 9.99. The van der Waals surface area contributed by atoms with Crippen LogP contribution < -0.4 is 9.47 Å². The molecule has 0 bridgehead atoms. The summed E-state index contributed by atoms with van der Waals surface area (Å²) >= 11 is 0. The van der Waals surface area contributed by atoms with Crippen LogP contribution in [0, 0.1) is 13.8 Å². The lowest BCUT2D eigenvalue weighted by Crippen LogP contribution is -2.25. The molecule has 26 heteroatoms. The zero-order valence-electron chi connectivity index (χ0n) is 43.9. The van der Waals surface area contributed by atoms with Gasteiger partial charge in [0.15, 0.2) is 19.7 Å². The first-order valence-corrected chi connectivity index (χ1v) is 30.8. The molecule has 8 rings (SSSR count). The summed E-state index contributed by atoms with van der Waals surface area (Å²) in [4.78, 5) is 55.4.